The molecular weight excluding hydrogens is 245 g/mol. The maximum absolute atomic E-state index is 12.7. The van der Waals surface area contributed by atoms with Crippen molar-refractivity contribution in [3.63, 3.8) is 0 Å². The van der Waals surface area contributed by atoms with Gasteiger partial charge in [0, 0.05) is 6.42 Å². The van der Waals surface area contributed by atoms with Crippen LogP contribution < -0.4 is 5.32 Å². The van der Waals surface area contributed by atoms with Gasteiger partial charge in [-0.15, -0.1) is 0 Å². The molecule has 0 aliphatic heterocycles. The molecule has 0 aliphatic carbocycles. The van der Waals surface area contributed by atoms with Crippen molar-refractivity contribution in [2.24, 2.45) is 0 Å². The van der Waals surface area contributed by atoms with Gasteiger partial charge in [0.15, 0.2) is 0 Å². The molecule has 100 valence electrons. The summed E-state index contributed by atoms with van der Waals surface area (Å²) in [5.74, 6) is 0.419. The number of rotatable bonds is 5. The Morgan fingerprint density at radius 3 is 2.68 bits per heavy atom. The minimum absolute atomic E-state index is 0.0479. The van der Waals surface area contributed by atoms with E-state index >= 15 is 0 Å². The summed E-state index contributed by atoms with van der Waals surface area (Å²) in [4.78, 5) is 11.8. The first kappa shape index (κ1) is 13.3. The molecule has 19 heavy (non-hydrogen) atoms. The summed E-state index contributed by atoms with van der Waals surface area (Å²) in [6.45, 7) is 1.87. The van der Waals surface area contributed by atoms with E-state index < -0.39 is 0 Å². The van der Waals surface area contributed by atoms with Crippen molar-refractivity contribution in [1.82, 2.24) is 5.32 Å². The van der Waals surface area contributed by atoms with Crippen LogP contribution in [-0.2, 0) is 11.2 Å². The van der Waals surface area contributed by atoms with Crippen LogP contribution in [0.2, 0.25) is 0 Å². The number of hydrogen-bond acceptors (Lipinski definition) is 2. The van der Waals surface area contributed by atoms with Gasteiger partial charge in [0.25, 0.3) is 0 Å². The lowest BCUT2D eigenvalue weighted by atomic mass is 10.1. The lowest BCUT2D eigenvalue weighted by Crippen LogP contribution is -2.26. The molecule has 2 rings (SSSR count). The number of amides is 1. The van der Waals surface area contributed by atoms with E-state index in [1.54, 1.807) is 24.5 Å². The fourth-order valence-electron chi connectivity index (χ4n) is 1.83. The SMILES string of the molecule is CC(NC(=O)CCc1ccc(F)cc1)c1ccco1. The quantitative estimate of drug-likeness (QED) is 0.897. The third-order valence-corrected chi connectivity index (χ3v) is 2.90. The number of halogens is 1. The van der Waals surface area contributed by atoms with Gasteiger partial charge in [-0.25, -0.2) is 4.39 Å². The second-order valence-electron chi connectivity index (χ2n) is 4.43. The molecule has 1 aromatic heterocycles. The van der Waals surface area contributed by atoms with Gasteiger partial charge in [0.2, 0.25) is 5.91 Å². The van der Waals surface area contributed by atoms with Crippen molar-refractivity contribution in [2.75, 3.05) is 0 Å². The van der Waals surface area contributed by atoms with Crippen molar-refractivity contribution < 1.29 is 13.6 Å². The largest absolute Gasteiger partial charge is 0.467 e. The predicted molar refractivity (Wildman–Crippen MR) is 70.0 cm³/mol. The summed E-state index contributed by atoms with van der Waals surface area (Å²) < 4.78 is 17.9. The second kappa shape index (κ2) is 6.18. The number of benzene rings is 1. The maximum Gasteiger partial charge on any atom is 0.220 e. The van der Waals surface area contributed by atoms with Gasteiger partial charge in [-0.2, -0.15) is 0 Å². The Morgan fingerprint density at radius 1 is 1.32 bits per heavy atom. The van der Waals surface area contributed by atoms with Crippen LogP contribution in [0.4, 0.5) is 4.39 Å². The van der Waals surface area contributed by atoms with Crippen molar-refractivity contribution in [3.8, 4) is 0 Å². The van der Waals surface area contributed by atoms with E-state index in [9.17, 15) is 9.18 Å². The third-order valence-electron chi connectivity index (χ3n) is 2.90. The Hall–Kier alpha value is -2.10. The van der Waals surface area contributed by atoms with Crippen LogP contribution >= 0.6 is 0 Å². The molecule has 0 saturated heterocycles. The molecule has 0 radical (unpaired) electrons. The predicted octanol–water partition coefficient (Wildman–Crippen LogP) is 3.23. The zero-order valence-corrected chi connectivity index (χ0v) is 10.7. The summed E-state index contributed by atoms with van der Waals surface area (Å²) in [6.07, 6.45) is 2.55. The lowest BCUT2D eigenvalue weighted by molar-refractivity contribution is -0.121. The zero-order valence-electron chi connectivity index (χ0n) is 10.7. The van der Waals surface area contributed by atoms with E-state index in [1.807, 2.05) is 13.0 Å². The van der Waals surface area contributed by atoms with Crippen molar-refractivity contribution in [1.29, 1.82) is 0 Å². The molecule has 2 aromatic rings. The zero-order chi connectivity index (χ0) is 13.7. The second-order valence-corrected chi connectivity index (χ2v) is 4.43. The summed E-state index contributed by atoms with van der Waals surface area (Å²) >= 11 is 0. The van der Waals surface area contributed by atoms with Crippen LogP contribution in [0.15, 0.2) is 47.1 Å². The molecule has 0 aliphatic rings. The highest BCUT2D eigenvalue weighted by Gasteiger charge is 2.11. The van der Waals surface area contributed by atoms with Crippen LogP contribution in [-0.4, -0.2) is 5.91 Å². The highest BCUT2D eigenvalue weighted by atomic mass is 19.1. The third kappa shape index (κ3) is 3.95. The molecule has 0 fully saturated rings. The van der Waals surface area contributed by atoms with Crippen molar-refractivity contribution in [3.05, 3.63) is 59.8 Å². The van der Waals surface area contributed by atoms with Crippen molar-refractivity contribution in [2.45, 2.75) is 25.8 Å². The number of carbonyl (C=O) groups excluding carboxylic acids is 1. The molecule has 1 atom stereocenters. The number of nitrogens with one attached hydrogen (secondary N) is 1. The molecule has 4 heteroatoms. The summed E-state index contributed by atoms with van der Waals surface area (Å²) in [5.41, 5.74) is 0.946. The van der Waals surface area contributed by atoms with E-state index in [0.717, 1.165) is 11.3 Å². The van der Waals surface area contributed by atoms with Crippen LogP contribution in [0.5, 0.6) is 0 Å². The Morgan fingerprint density at radius 2 is 2.05 bits per heavy atom. The molecule has 1 aromatic carbocycles. The number of carbonyl (C=O) groups is 1. The standard InChI is InChI=1S/C15H16FNO2/c1-11(14-3-2-10-19-14)17-15(18)9-6-12-4-7-13(16)8-5-12/h2-5,7-8,10-11H,6,9H2,1H3,(H,17,18). The first-order valence-electron chi connectivity index (χ1n) is 6.22. The van der Waals surface area contributed by atoms with E-state index in [2.05, 4.69) is 5.32 Å². The number of hydrogen-bond donors (Lipinski definition) is 1. The van der Waals surface area contributed by atoms with Gasteiger partial charge in [-0.1, -0.05) is 12.1 Å². The Kier molecular flexibility index (Phi) is 4.34. The summed E-state index contributed by atoms with van der Waals surface area (Å²) in [7, 11) is 0. The van der Waals surface area contributed by atoms with Gasteiger partial charge in [-0.05, 0) is 43.2 Å². The van der Waals surface area contributed by atoms with E-state index in [-0.39, 0.29) is 17.8 Å². The molecule has 1 unspecified atom stereocenters. The van der Waals surface area contributed by atoms with Crippen molar-refractivity contribution >= 4 is 5.91 Å². The monoisotopic (exact) mass is 261 g/mol. The van der Waals surface area contributed by atoms with Gasteiger partial charge >= 0.3 is 0 Å². The molecule has 0 bridgehead atoms. The highest BCUT2D eigenvalue weighted by Crippen LogP contribution is 2.12. The molecule has 1 heterocycles. The highest BCUT2D eigenvalue weighted by molar-refractivity contribution is 5.76. The summed E-state index contributed by atoms with van der Waals surface area (Å²) in [5, 5.41) is 2.86. The van der Waals surface area contributed by atoms with Gasteiger partial charge in [0.1, 0.15) is 11.6 Å². The van der Waals surface area contributed by atoms with E-state index in [4.69, 9.17) is 4.42 Å². The molecular formula is C15H16FNO2. The fraction of sp³-hybridized carbons (Fsp3) is 0.267. The van der Waals surface area contributed by atoms with Crippen LogP contribution in [0, 0.1) is 5.82 Å². The maximum atomic E-state index is 12.7. The van der Waals surface area contributed by atoms with E-state index in [1.165, 1.54) is 12.1 Å². The van der Waals surface area contributed by atoms with Gasteiger partial charge in [-0.3, -0.25) is 4.79 Å². The minimum Gasteiger partial charge on any atom is -0.467 e. The first-order valence-corrected chi connectivity index (χ1v) is 6.22. The Labute approximate surface area is 111 Å². The number of furan rings is 1. The average Bonchev–Trinajstić information content (AvgIpc) is 2.92. The molecule has 1 N–H and O–H groups in total. The molecule has 3 nitrogen and oxygen atoms in total. The first-order chi connectivity index (χ1) is 9.15. The lowest BCUT2D eigenvalue weighted by Gasteiger charge is -2.11. The number of aryl methyl sites for hydroxylation is 1. The van der Waals surface area contributed by atoms with Gasteiger partial charge < -0.3 is 9.73 Å². The molecule has 1 amide bonds. The average molecular weight is 261 g/mol. The normalized spacial score (nSPS) is 12.1. The topological polar surface area (TPSA) is 42.2 Å². The van der Waals surface area contributed by atoms with Crippen LogP contribution in [0.1, 0.15) is 30.7 Å². The minimum atomic E-state index is -0.264. The molecule has 0 spiro atoms. The van der Waals surface area contributed by atoms with E-state index in [0.29, 0.717) is 12.8 Å². The van der Waals surface area contributed by atoms with Gasteiger partial charge in [0.05, 0.1) is 12.3 Å². The van der Waals surface area contributed by atoms with Crippen LogP contribution in [0.3, 0.4) is 0 Å². The smallest absolute Gasteiger partial charge is 0.220 e. The fourth-order valence-corrected chi connectivity index (χ4v) is 1.83. The van der Waals surface area contributed by atoms with Crippen LogP contribution in [0.25, 0.3) is 0 Å². The Bertz CT molecular complexity index is 520. The Balaban J connectivity index is 1.80. The summed E-state index contributed by atoms with van der Waals surface area (Å²) in [6, 6.07) is 9.66. The molecule has 0 saturated carbocycles.